The molecule has 1 amide bonds. The Labute approximate surface area is 154 Å². The molecular weight excluding hydrogens is 362 g/mol. The minimum atomic E-state index is -0.683. The van der Waals surface area contributed by atoms with Gasteiger partial charge in [0, 0.05) is 24.7 Å². The molecule has 1 saturated heterocycles. The summed E-state index contributed by atoms with van der Waals surface area (Å²) < 4.78 is 10.3. The van der Waals surface area contributed by atoms with Crippen molar-refractivity contribution in [3.8, 4) is 0 Å². The molecule has 2 heterocycles. The Bertz CT molecular complexity index is 788. The van der Waals surface area contributed by atoms with E-state index in [2.05, 4.69) is 10.2 Å². The zero-order chi connectivity index (χ0) is 18.5. The average Bonchev–Trinajstić information content (AvgIpc) is 3.15. The second kappa shape index (κ2) is 8.31. The lowest BCUT2D eigenvalue weighted by molar-refractivity contribution is -0.402. The first kappa shape index (κ1) is 18.4. The van der Waals surface area contributed by atoms with Gasteiger partial charge in [0.25, 0.3) is 5.91 Å². The molecule has 1 N–H and O–H groups in total. The van der Waals surface area contributed by atoms with Gasteiger partial charge in [-0.05, 0) is 17.7 Å². The first-order valence-electron chi connectivity index (χ1n) is 8.15. The summed E-state index contributed by atoms with van der Waals surface area (Å²) in [5.74, 6) is -1.08. The fraction of sp³-hybridized carbons (Fsp3) is 0.353. The number of furan rings is 1. The highest BCUT2D eigenvalue weighted by atomic mass is 35.5. The second-order valence-electron chi connectivity index (χ2n) is 5.79. The van der Waals surface area contributed by atoms with E-state index in [9.17, 15) is 14.9 Å². The maximum absolute atomic E-state index is 12.3. The highest BCUT2D eigenvalue weighted by Gasteiger charge is 2.26. The van der Waals surface area contributed by atoms with Crippen molar-refractivity contribution in [2.24, 2.45) is 0 Å². The van der Waals surface area contributed by atoms with Gasteiger partial charge in [0.2, 0.25) is 0 Å². The van der Waals surface area contributed by atoms with Crippen LogP contribution in [0.2, 0.25) is 5.02 Å². The lowest BCUT2D eigenvalue weighted by Gasteiger charge is -2.35. The van der Waals surface area contributed by atoms with E-state index < -0.39 is 16.7 Å². The van der Waals surface area contributed by atoms with Crippen molar-refractivity contribution >= 4 is 23.4 Å². The summed E-state index contributed by atoms with van der Waals surface area (Å²) in [6.45, 7) is 2.95. The second-order valence-corrected chi connectivity index (χ2v) is 6.20. The number of nitrogens with zero attached hydrogens (tertiary/aromatic N) is 2. The maximum Gasteiger partial charge on any atom is 0.433 e. The van der Waals surface area contributed by atoms with Gasteiger partial charge in [-0.2, -0.15) is 0 Å². The van der Waals surface area contributed by atoms with Crippen LogP contribution >= 0.6 is 11.6 Å². The van der Waals surface area contributed by atoms with E-state index in [0.29, 0.717) is 18.2 Å². The molecule has 9 heteroatoms. The number of halogens is 1. The molecule has 2 aromatic rings. The molecule has 1 aliphatic rings. The molecule has 0 radical (unpaired) electrons. The van der Waals surface area contributed by atoms with E-state index >= 15 is 0 Å². The predicted molar refractivity (Wildman–Crippen MR) is 94.3 cm³/mol. The number of benzene rings is 1. The van der Waals surface area contributed by atoms with Crippen LogP contribution in [0.4, 0.5) is 5.88 Å². The summed E-state index contributed by atoms with van der Waals surface area (Å²) in [4.78, 5) is 24.5. The van der Waals surface area contributed by atoms with Crippen molar-refractivity contribution < 1.29 is 18.9 Å². The van der Waals surface area contributed by atoms with Crippen LogP contribution in [-0.2, 0) is 4.74 Å². The summed E-state index contributed by atoms with van der Waals surface area (Å²) in [7, 11) is 0. The molecule has 1 fully saturated rings. The number of nitro groups is 1. The zero-order valence-corrected chi connectivity index (χ0v) is 14.6. The zero-order valence-electron chi connectivity index (χ0n) is 13.9. The molecule has 26 heavy (non-hydrogen) atoms. The van der Waals surface area contributed by atoms with E-state index in [1.54, 1.807) is 0 Å². The number of carbonyl (C=O) groups excluding carboxylic acids is 1. The highest BCUT2D eigenvalue weighted by molar-refractivity contribution is 6.31. The molecule has 0 saturated carbocycles. The van der Waals surface area contributed by atoms with E-state index in [0.717, 1.165) is 24.7 Å². The molecule has 1 atom stereocenters. The number of morpholine rings is 1. The topological polar surface area (TPSA) is 97.9 Å². The van der Waals surface area contributed by atoms with Crippen LogP contribution in [0.5, 0.6) is 0 Å². The number of ether oxygens (including phenoxy) is 1. The van der Waals surface area contributed by atoms with Crippen molar-refractivity contribution in [3.05, 3.63) is 62.9 Å². The molecule has 8 nitrogen and oxygen atoms in total. The van der Waals surface area contributed by atoms with Crippen molar-refractivity contribution in [3.63, 3.8) is 0 Å². The first-order chi connectivity index (χ1) is 12.6. The number of amides is 1. The summed E-state index contributed by atoms with van der Waals surface area (Å²) in [6, 6.07) is 9.78. The standard InChI is InChI=1S/C17H18ClN3O5/c18-13-4-2-1-3-12(13)14(20-7-9-25-10-8-20)11-19-17(22)15-5-6-16(26-15)21(23)24/h1-6,14H,7-11H2,(H,19,22)/t14-/m0/s1. The molecule has 0 bridgehead atoms. The summed E-state index contributed by atoms with van der Waals surface area (Å²) in [5.41, 5.74) is 0.904. The van der Waals surface area contributed by atoms with Crippen molar-refractivity contribution in [1.82, 2.24) is 10.2 Å². The maximum atomic E-state index is 12.3. The van der Waals surface area contributed by atoms with Crippen LogP contribution in [0.1, 0.15) is 22.2 Å². The largest absolute Gasteiger partial charge is 0.433 e. The Morgan fingerprint density at radius 2 is 2.00 bits per heavy atom. The van der Waals surface area contributed by atoms with E-state index in [1.165, 1.54) is 6.07 Å². The third-order valence-corrected chi connectivity index (χ3v) is 4.55. The SMILES string of the molecule is O=C(NC[C@@H](c1ccccc1Cl)N1CCOCC1)c1ccc([N+](=O)[O-])o1. The van der Waals surface area contributed by atoms with Gasteiger partial charge in [-0.3, -0.25) is 19.8 Å². The molecule has 1 aromatic carbocycles. The third kappa shape index (κ3) is 4.21. The summed E-state index contributed by atoms with van der Waals surface area (Å²) in [5, 5.41) is 14.1. The van der Waals surface area contributed by atoms with Crippen LogP contribution < -0.4 is 5.32 Å². The van der Waals surface area contributed by atoms with Gasteiger partial charge < -0.3 is 14.5 Å². The Balaban J connectivity index is 1.73. The molecule has 0 spiro atoms. The number of hydrogen-bond donors (Lipinski definition) is 1. The fourth-order valence-electron chi connectivity index (χ4n) is 2.89. The van der Waals surface area contributed by atoms with E-state index in [-0.39, 0.29) is 18.3 Å². The molecule has 0 aliphatic carbocycles. The van der Waals surface area contributed by atoms with Gasteiger partial charge in [0.05, 0.1) is 25.3 Å². The Morgan fingerprint density at radius 1 is 1.27 bits per heavy atom. The average molecular weight is 380 g/mol. The monoisotopic (exact) mass is 379 g/mol. The van der Waals surface area contributed by atoms with Crippen molar-refractivity contribution in [2.45, 2.75) is 6.04 Å². The van der Waals surface area contributed by atoms with Gasteiger partial charge in [-0.1, -0.05) is 29.8 Å². The van der Waals surface area contributed by atoms with E-state index in [4.69, 9.17) is 20.8 Å². The quantitative estimate of drug-likeness (QED) is 0.612. The molecular formula is C17H18ClN3O5. The third-order valence-electron chi connectivity index (χ3n) is 4.20. The Hall–Kier alpha value is -2.42. The molecule has 0 unspecified atom stereocenters. The van der Waals surface area contributed by atoms with Crippen LogP contribution in [0.25, 0.3) is 0 Å². The van der Waals surface area contributed by atoms with Gasteiger partial charge in [-0.15, -0.1) is 0 Å². The minimum Gasteiger partial charge on any atom is -0.395 e. The molecule has 1 aromatic heterocycles. The lowest BCUT2D eigenvalue weighted by atomic mass is 10.0. The van der Waals surface area contributed by atoms with Gasteiger partial charge in [-0.25, -0.2) is 0 Å². The smallest absolute Gasteiger partial charge is 0.395 e. The van der Waals surface area contributed by atoms with E-state index in [1.807, 2.05) is 24.3 Å². The van der Waals surface area contributed by atoms with Gasteiger partial charge in [0.15, 0.2) is 5.76 Å². The Kier molecular flexibility index (Phi) is 5.87. The van der Waals surface area contributed by atoms with Crippen LogP contribution in [-0.4, -0.2) is 48.6 Å². The Morgan fingerprint density at radius 3 is 2.65 bits per heavy atom. The summed E-state index contributed by atoms with van der Waals surface area (Å²) >= 11 is 6.34. The number of hydrogen-bond acceptors (Lipinski definition) is 6. The van der Waals surface area contributed by atoms with Crippen LogP contribution in [0.15, 0.2) is 40.8 Å². The van der Waals surface area contributed by atoms with Gasteiger partial charge in [0.1, 0.15) is 4.92 Å². The molecule has 3 rings (SSSR count). The number of carbonyl (C=O) groups is 1. The summed E-state index contributed by atoms with van der Waals surface area (Å²) in [6.07, 6.45) is 0. The number of rotatable bonds is 6. The first-order valence-corrected chi connectivity index (χ1v) is 8.52. The molecule has 138 valence electrons. The highest BCUT2D eigenvalue weighted by Crippen LogP contribution is 2.28. The fourth-order valence-corrected chi connectivity index (χ4v) is 3.16. The number of nitrogens with one attached hydrogen (secondary N) is 1. The molecule has 1 aliphatic heterocycles. The normalized spacial score (nSPS) is 16.2. The lowest BCUT2D eigenvalue weighted by Crippen LogP contribution is -2.43. The van der Waals surface area contributed by atoms with Crippen LogP contribution in [0.3, 0.4) is 0 Å². The van der Waals surface area contributed by atoms with Crippen LogP contribution in [0, 0.1) is 10.1 Å². The van der Waals surface area contributed by atoms with Crippen molar-refractivity contribution in [2.75, 3.05) is 32.8 Å². The predicted octanol–water partition coefficient (Wildman–Crippen LogP) is 2.64. The van der Waals surface area contributed by atoms with Gasteiger partial charge >= 0.3 is 5.88 Å². The van der Waals surface area contributed by atoms with Crippen molar-refractivity contribution in [1.29, 1.82) is 0 Å². The minimum absolute atomic E-state index is 0.100.